The number of hydrogen-bond acceptors (Lipinski definition) is 2. The van der Waals surface area contributed by atoms with Crippen LogP contribution in [0.1, 0.15) is 5.56 Å². The van der Waals surface area contributed by atoms with E-state index in [0.29, 0.717) is 6.54 Å². The van der Waals surface area contributed by atoms with Gasteiger partial charge >= 0.3 is 0 Å². The molecular weight excluding hydrogens is 169 g/mol. The molecule has 2 aromatic heterocycles. The molecule has 0 aliphatic carbocycles. The van der Waals surface area contributed by atoms with E-state index in [1.165, 1.54) is 0 Å². The van der Waals surface area contributed by atoms with E-state index in [1.54, 1.807) is 0 Å². The molecule has 0 aromatic carbocycles. The van der Waals surface area contributed by atoms with E-state index in [-0.39, 0.29) is 0 Å². The van der Waals surface area contributed by atoms with Crippen molar-refractivity contribution in [1.29, 1.82) is 0 Å². The van der Waals surface area contributed by atoms with Gasteiger partial charge in [-0.05, 0) is 27.1 Å². The van der Waals surface area contributed by atoms with Crippen LogP contribution in [0.15, 0.2) is 24.5 Å². The van der Waals surface area contributed by atoms with Crippen molar-refractivity contribution in [1.82, 2.24) is 9.32 Å². The van der Waals surface area contributed by atoms with Gasteiger partial charge in [-0.1, -0.05) is 0 Å². The molecule has 0 radical (unpaired) electrons. The average Bonchev–Trinajstić information content (AvgIpc) is 2.47. The Bertz CT molecular complexity index is 408. The Morgan fingerprint density at radius 3 is 3.17 bits per heavy atom. The number of aromatic nitrogens is 2. The van der Waals surface area contributed by atoms with Gasteiger partial charge in [-0.25, -0.2) is 4.98 Å². The van der Waals surface area contributed by atoms with Crippen molar-refractivity contribution in [2.75, 3.05) is 0 Å². The normalized spacial score (nSPS) is 10.8. The van der Waals surface area contributed by atoms with Crippen LogP contribution in [0.5, 0.6) is 0 Å². The molecule has 0 spiro atoms. The van der Waals surface area contributed by atoms with E-state index >= 15 is 0 Å². The minimum atomic E-state index is 0.547. The standard InChI is InChI=1S/C8H10N3P/c9-4-6-3-7-1-2-11(12)8(7)10-5-6/h1-3,5H,4,9,12H2. The first kappa shape index (κ1) is 7.71. The number of pyridine rings is 1. The molecule has 0 aliphatic heterocycles. The van der Waals surface area contributed by atoms with Gasteiger partial charge in [0.2, 0.25) is 0 Å². The zero-order chi connectivity index (χ0) is 8.55. The van der Waals surface area contributed by atoms with Crippen molar-refractivity contribution in [2.24, 2.45) is 5.73 Å². The second-order valence-corrected chi connectivity index (χ2v) is 3.24. The molecule has 2 rings (SSSR count). The maximum atomic E-state index is 5.50. The molecule has 2 heterocycles. The highest BCUT2D eigenvalue weighted by atomic mass is 31.0. The van der Waals surface area contributed by atoms with E-state index in [4.69, 9.17) is 5.73 Å². The number of hydrogen-bond donors (Lipinski definition) is 1. The summed E-state index contributed by atoms with van der Waals surface area (Å²) < 4.78 is 1.91. The van der Waals surface area contributed by atoms with Crippen molar-refractivity contribution in [3.63, 3.8) is 0 Å². The Labute approximate surface area is 72.8 Å². The molecule has 2 N–H and O–H groups in total. The van der Waals surface area contributed by atoms with E-state index in [2.05, 4.69) is 20.4 Å². The van der Waals surface area contributed by atoms with Crippen LogP contribution in [-0.4, -0.2) is 9.32 Å². The molecule has 0 amide bonds. The molecule has 62 valence electrons. The Morgan fingerprint density at radius 2 is 2.42 bits per heavy atom. The van der Waals surface area contributed by atoms with E-state index < -0.39 is 0 Å². The number of fused-ring (bicyclic) bond motifs is 1. The van der Waals surface area contributed by atoms with E-state index in [9.17, 15) is 0 Å². The first-order chi connectivity index (χ1) is 5.81. The fraction of sp³-hybridized carbons (Fsp3) is 0.125. The number of nitrogens with two attached hydrogens (primary N) is 1. The molecule has 0 saturated carbocycles. The third-order valence-corrected chi connectivity index (χ3v) is 2.26. The zero-order valence-corrected chi connectivity index (χ0v) is 7.72. The Balaban J connectivity index is 2.69. The first-order valence-corrected chi connectivity index (χ1v) is 4.24. The predicted molar refractivity (Wildman–Crippen MR) is 52.7 cm³/mol. The molecule has 0 fully saturated rings. The van der Waals surface area contributed by atoms with Crippen LogP contribution < -0.4 is 5.73 Å². The lowest BCUT2D eigenvalue weighted by Crippen LogP contribution is -1.96. The van der Waals surface area contributed by atoms with E-state index in [0.717, 1.165) is 16.6 Å². The van der Waals surface area contributed by atoms with Crippen LogP contribution in [-0.2, 0) is 6.54 Å². The second kappa shape index (κ2) is 2.85. The SMILES string of the molecule is NCc1cnc2c(ccn2P)c1. The minimum Gasteiger partial charge on any atom is -0.326 e. The number of nitrogens with zero attached hydrogens (tertiary/aromatic N) is 2. The van der Waals surface area contributed by atoms with Crippen LogP contribution in [0, 0.1) is 0 Å². The maximum absolute atomic E-state index is 5.50. The lowest BCUT2D eigenvalue weighted by Gasteiger charge is -1.97. The fourth-order valence-corrected chi connectivity index (χ4v) is 1.50. The van der Waals surface area contributed by atoms with Crippen LogP contribution in [0.25, 0.3) is 11.0 Å². The Kier molecular flexibility index (Phi) is 1.83. The summed E-state index contributed by atoms with van der Waals surface area (Å²) in [6, 6.07) is 4.08. The van der Waals surface area contributed by atoms with Gasteiger partial charge in [-0.15, -0.1) is 0 Å². The third kappa shape index (κ3) is 1.11. The van der Waals surface area contributed by atoms with Gasteiger partial charge in [0.25, 0.3) is 0 Å². The molecule has 4 heteroatoms. The largest absolute Gasteiger partial charge is 0.326 e. The van der Waals surface area contributed by atoms with Crippen LogP contribution in [0.3, 0.4) is 0 Å². The van der Waals surface area contributed by atoms with Crippen LogP contribution in [0.2, 0.25) is 0 Å². The zero-order valence-electron chi connectivity index (χ0n) is 6.57. The number of rotatable bonds is 1. The summed E-state index contributed by atoms with van der Waals surface area (Å²) in [6.07, 6.45) is 3.77. The van der Waals surface area contributed by atoms with Gasteiger partial charge in [-0.3, -0.25) is 0 Å². The smallest absolute Gasteiger partial charge is 0.142 e. The van der Waals surface area contributed by atoms with Gasteiger partial charge < -0.3 is 10.1 Å². The molecule has 1 atom stereocenters. The maximum Gasteiger partial charge on any atom is 0.142 e. The highest BCUT2D eigenvalue weighted by Crippen LogP contribution is 2.16. The highest BCUT2D eigenvalue weighted by molar-refractivity contribution is 7.14. The van der Waals surface area contributed by atoms with Gasteiger partial charge in [0.1, 0.15) is 5.65 Å². The first-order valence-electron chi connectivity index (χ1n) is 3.72. The highest BCUT2D eigenvalue weighted by Gasteiger charge is 1.98. The van der Waals surface area contributed by atoms with Gasteiger partial charge in [0, 0.05) is 24.3 Å². The minimum absolute atomic E-state index is 0.547. The monoisotopic (exact) mass is 179 g/mol. The lowest BCUT2D eigenvalue weighted by molar-refractivity contribution is 1.05. The van der Waals surface area contributed by atoms with Crippen molar-refractivity contribution in [3.05, 3.63) is 30.1 Å². The molecule has 0 aliphatic rings. The summed E-state index contributed by atoms with van der Waals surface area (Å²) in [4.78, 5) is 4.27. The molecule has 12 heavy (non-hydrogen) atoms. The summed E-state index contributed by atoms with van der Waals surface area (Å²) in [7, 11) is 2.58. The molecule has 3 nitrogen and oxygen atoms in total. The summed E-state index contributed by atoms with van der Waals surface area (Å²) in [5.74, 6) is 0. The van der Waals surface area contributed by atoms with Crippen molar-refractivity contribution < 1.29 is 0 Å². The van der Waals surface area contributed by atoms with Gasteiger partial charge in [-0.2, -0.15) is 0 Å². The van der Waals surface area contributed by atoms with E-state index in [1.807, 2.05) is 22.8 Å². The van der Waals surface area contributed by atoms with Crippen molar-refractivity contribution in [3.8, 4) is 0 Å². The molecule has 0 saturated heterocycles. The molecule has 1 unspecified atom stereocenters. The fourth-order valence-electron chi connectivity index (χ4n) is 1.20. The van der Waals surface area contributed by atoms with Crippen LogP contribution >= 0.6 is 9.39 Å². The Morgan fingerprint density at radius 1 is 1.58 bits per heavy atom. The lowest BCUT2D eigenvalue weighted by atomic mass is 10.2. The molecule has 2 aromatic rings. The third-order valence-electron chi connectivity index (χ3n) is 1.85. The summed E-state index contributed by atoms with van der Waals surface area (Å²) >= 11 is 0. The summed E-state index contributed by atoms with van der Waals surface area (Å²) in [5, 5.41) is 1.13. The van der Waals surface area contributed by atoms with Gasteiger partial charge in [0.05, 0.1) is 0 Å². The molecular formula is C8H10N3P. The second-order valence-electron chi connectivity index (χ2n) is 2.68. The average molecular weight is 179 g/mol. The van der Waals surface area contributed by atoms with Crippen molar-refractivity contribution in [2.45, 2.75) is 6.54 Å². The van der Waals surface area contributed by atoms with Gasteiger partial charge in [0.15, 0.2) is 0 Å². The predicted octanol–water partition coefficient (Wildman–Crippen LogP) is 1.13. The van der Waals surface area contributed by atoms with Crippen LogP contribution in [0.4, 0.5) is 0 Å². The topological polar surface area (TPSA) is 43.8 Å². The quantitative estimate of drug-likeness (QED) is 0.667. The van der Waals surface area contributed by atoms with Crippen molar-refractivity contribution >= 4 is 20.4 Å². The Hall–Kier alpha value is -0.920. The summed E-state index contributed by atoms with van der Waals surface area (Å²) in [6.45, 7) is 0.547. The summed E-state index contributed by atoms with van der Waals surface area (Å²) in [5.41, 5.74) is 7.53. The molecule has 0 bridgehead atoms.